The van der Waals surface area contributed by atoms with Gasteiger partial charge in [0.2, 0.25) is 23.7 Å². The van der Waals surface area contributed by atoms with E-state index in [0.717, 1.165) is 0 Å². The zero-order valence-electron chi connectivity index (χ0n) is 14.4. The molecule has 4 atom stereocenters. The van der Waals surface area contributed by atoms with Crippen LogP contribution in [0, 0.1) is 5.92 Å². The highest BCUT2D eigenvalue weighted by Gasteiger charge is 2.53. The van der Waals surface area contributed by atoms with Gasteiger partial charge in [0.05, 0.1) is 18.8 Å². The summed E-state index contributed by atoms with van der Waals surface area (Å²) in [6, 6.07) is -1.13. The topological polar surface area (TPSA) is 127 Å². The summed E-state index contributed by atoms with van der Waals surface area (Å²) in [5.41, 5.74) is 5.20. The fourth-order valence-corrected chi connectivity index (χ4v) is 3.69. The maximum atomic E-state index is 12.5. The molecule has 3 aliphatic heterocycles. The Morgan fingerprint density at radius 3 is 2.65 bits per heavy atom. The minimum Gasteiger partial charge on any atom is -0.480 e. The first-order chi connectivity index (χ1) is 12.3. The molecule has 0 aromatic heterocycles. The summed E-state index contributed by atoms with van der Waals surface area (Å²) in [6.45, 7) is 1.87. The minimum absolute atomic E-state index is 0.114. The third-order valence-electron chi connectivity index (χ3n) is 5.23. The number of ether oxygens (including phenoxy) is 1. The van der Waals surface area contributed by atoms with Crippen LogP contribution in [0.1, 0.15) is 26.2 Å². The van der Waals surface area contributed by atoms with Crippen molar-refractivity contribution in [3.63, 3.8) is 0 Å². The number of nitrogens with zero attached hydrogens (tertiary/aromatic N) is 2. The van der Waals surface area contributed by atoms with E-state index in [0.29, 0.717) is 19.4 Å². The van der Waals surface area contributed by atoms with Crippen molar-refractivity contribution in [1.29, 1.82) is 0 Å². The summed E-state index contributed by atoms with van der Waals surface area (Å²) in [5, 5.41) is 0. The Morgan fingerprint density at radius 1 is 1.31 bits per heavy atom. The maximum Gasteiger partial charge on any atom is 0.272 e. The summed E-state index contributed by atoms with van der Waals surface area (Å²) in [4.78, 5) is 63.0. The summed E-state index contributed by atoms with van der Waals surface area (Å²) in [7, 11) is 0. The Bertz CT molecular complexity index is 703. The predicted octanol–water partition coefficient (Wildman–Crippen LogP) is -1.25. The standard InChI is InChI=1S/C17H21N3O6/c1-9(16(18)24)2-3-13(23)19-6-4-10-14(19)12(22)8-20(10)17(25)15-11(21)5-7-26-15/h5,7,9-10,14-15H,2-4,6,8H2,1H3,(H2,18,24). The number of carbonyl (C=O) groups excluding carboxylic acids is 5. The molecule has 26 heavy (non-hydrogen) atoms. The lowest BCUT2D eigenvalue weighted by molar-refractivity contribution is -0.145. The third-order valence-corrected chi connectivity index (χ3v) is 5.23. The number of Topliss-reactive ketones (excluding diaryl/α,β-unsaturated/α-hetero) is 1. The van der Waals surface area contributed by atoms with Crippen LogP contribution in [0.2, 0.25) is 0 Å². The first kappa shape index (κ1) is 18.1. The molecule has 2 fully saturated rings. The number of carbonyl (C=O) groups is 5. The van der Waals surface area contributed by atoms with Gasteiger partial charge in [0.1, 0.15) is 6.04 Å². The number of likely N-dealkylation sites (tertiary alicyclic amines) is 2. The van der Waals surface area contributed by atoms with E-state index in [-0.39, 0.29) is 24.7 Å². The summed E-state index contributed by atoms with van der Waals surface area (Å²) >= 11 is 0. The van der Waals surface area contributed by atoms with Gasteiger partial charge >= 0.3 is 0 Å². The van der Waals surface area contributed by atoms with Gasteiger partial charge in [-0.15, -0.1) is 0 Å². The van der Waals surface area contributed by atoms with Crippen LogP contribution in [0.25, 0.3) is 0 Å². The summed E-state index contributed by atoms with van der Waals surface area (Å²) < 4.78 is 5.03. The Morgan fingerprint density at radius 2 is 2.04 bits per heavy atom. The van der Waals surface area contributed by atoms with Crippen LogP contribution in [0.15, 0.2) is 12.3 Å². The van der Waals surface area contributed by atoms with Gasteiger partial charge < -0.3 is 20.3 Å². The molecule has 2 saturated heterocycles. The molecule has 4 unspecified atom stereocenters. The fraction of sp³-hybridized carbons (Fsp3) is 0.588. The Labute approximate surface area is 150 Å². The van der Waals surface area contributed by atoms with Crippen LogP contribution in [0.5, 0.6) is 0 Å². The van der Waals surface area contributed by atoms with Gasteiger partial charge in [-0.1, -0.05) is 6.92 Å². The monoisotopic (exact) mass is 363 g/mol. The molecule has 0 radical (unpaired) electrons. The van der Waals surface area contributed by atoms with Gasteiger partial charge in [-0.2, -0.15) is 0 Å². The molecule has 9 heteroatoms. The number of rotatable bonds is 5. The molecule has 0 spiro atoms. The molecule has 0 aromatic rings. The van der Waals surface area contributed by atoms with Crippen molar-refractivity contribution in [2.75, 3.05) is 13.1 Å². The van der Waals surface area contributed by atoms with Crippen LogP contribution in [0.3, 0.4) is 0 Å². The third kappa shape index (κ3) is 3.09. The maximum absolute atomic E-state index is 12.5. The highest BCUT2D eigenvalue weighted by Crippen LogP contribution is 2.31. The van der Waals surface area contributed by atoms with Crippen molar-refractivity contribution in [2.24, 2.45) is 11.7 Å². The number of hydrogen-bond acceptors (Lipinski definition) is 6. The van der Waals surface area contributed by atoms with E-state index in [1.165, 1.54) is 22.1 Å². The molecule has 0 bridgehead atoms. The Kier molecular flexibility index (Phi) is 4.80. The smallest absolute Gasteiger partial charge is 0.272 e. The van der Waals surface area contributed by atoms with Gasteiger partial charge in [0.25, 0.3) is 5.91 Å². The number of hydrogen-bond donors (Lipinski definition) is 1. The van der Waals surface area contributed by atoms with Crippen molar-refractivity contribution in [2.45, 2.75) is 44.4 Å². The first-order valence-electron chi connectivity index (χ1n) is 8.59. The lowest BCUT2D eigenvalue weighted by Crippen LogP contribution is -2.47. The average molecular weight is 363 g/mol. The van der Waals surface area contributed by atoms with Gasteiger partial charge in [-0.3, -0.25) is 24.0 Å². The van der Waals surface area contributed by atoms with E-state index in [4.69, 9.17) is 10.5 Å². The van der Waals surface area contributed by atoms with Crippen molar-refractivity contribution in [3.05, 3.63) is 12.3 Å². The molecule has 3 aliphatic rings. The second kappa shape index (κ2) is 6.89. The van der Waals surface area contributed by atoms with E-state index in [2.05, 4.69) is 0 Å². The molecule has 0 aromatic carbocycles. The first-order valence-corrected chi connectivity index (χ1v) is 8.59. The molecular formula is C17H21N3O6. The van der Waals surface area contributed by atoms with Gasteiger partial charge in [0.15, 0.2) is 5.78 Å². The van der Waals surface area contributed by atoms with Crippen LogP contribution in [-0.4, -0.2) is 70.4 Å². The number of amides is 3. The molecular weight excluding hydrogens is 342 g/mol. The molecule has 2 N–H and O–H groups in total. The van der Waals surface area contributed by atoms with Crippen molar-refractivity contribution in [3.8, 4) is 0 Å². The van der Waals surface area contributed by atoms with Gasteiger partial charge in [-0.05, 0) is 12.8 Å². The van der Waals surface area contributed by atoms with Gasteiger partial charge in [0, 0.05) is 25.0 Å². The van der Waals surface area contributed by atoms with Crippen LogP contribution < -0.4 is 5.73 Å². The lowest BCUT2D eigenvalue weighted by Gasteiger charge is -2.25. The van der Waals surface area contributed by atoms with Crippen molar-refractivity contribution < 1.29 is 28.7 Å². The second-order valence-corrected chi connectivity index (χ2v) is 6.88. The largest absolute Gasteiger partial charge is 0.480 e. The molecule has 3 heterocycles. The minimum atomic E-state index is -1.23. The highest BCUT2D eigenvalue weighted by atomic mass is 16.5. The Balaban J connectivity index is 1.65. The summed E-state index contributed by atoms with van der Waals surface area (Å²) in [5.74, 6) is -2.35. The molecule has 9 nitrogen and oxygen atoms in total. The zero-order valence-corrected chi connectivity index (χ0v) is 14.4. The summed E-state index contributed by atoms with van der Waals surface area (Å²) in [6.07, 6.45) is 2.01. The second-order valence-electron chi connectivity index (χ2n) is 6.88. The fourth-order valence-electron chi connectivity index (χ4n) is 3.69. The van der Waals surface area contributed by atoms with Crippen LogP contribution in [0.4, 0.5) is 0 Å². The normalized spacial score (nSPS) is 28.3. The van der Waals surface area contributed by atoms with Crippen LogP contribution in [-0.2, 0) is 28.7 Å². The van der Waals surface area contributed by atoms with Crippen molar-refractivity contribution >= 4 is 29.3 Å². The SMILES string of the molecule is CC(CCC(=O)N1CCC2C1C(=O)CN2C(=O)C1OC=CC1=O)C(N)=O. The number of ketones is 2. The molecule has 0 saturated carbocycles. The molecule has 3 rings (SSSR count). The quantitative estimate of drug-likeness (QED) is 0.608. The van der Waals surface area contributed by atoms with Gasteiger partial charge in [-0.25, -0.2) is 0 Å². The van der Waals surface area contributed by atoms with Crippen molar-refractivity contribution in [1.82, 2.24) is 9.80 Å². The highest BCUT2D eigenvalue weighted by molar-refractivity contribution is 6.12. The number of primary amides is 1. The number of nitrogens with two attached hydrogens (primary N) is 1. The molecule has 140 valence electrons. The molecule has 0 aliphatic carbocycles. The zero-order chi connectivity index (χ0) is 19.0. The number of fused-ring (bicyclic) bond motifs is 1. The average Bonchev–Trinajstić information content (AvgIpc) is 3.28. The van der Waals surface area contributed by atoms with E-state index >= 15 is 0 Å². The Hall–Kier alpha value is -2.71. The van der Waals surface area contributed by atoms with E-state index in [1.807, 2.05) is 0 Å². The van der Waals surface area contributed by atoms with E-state index < -0.39 is 41.7 Å². The van der Waals surface area contributed by atoms with E-state index in [1.54, 1.807) is 6.92 Å². The van der Waals surface area contributed by atoms with Crippen LogP contribution >= 0.6 is 0 Å². The molecule has 3 amide bonds. The van der Waals surface area contributed by atoms with E-state index in [9.17, 15) is 24.0 Å². The predicted molar refractivity (Wildman–Crippen MR) is 87.2 cm³/mol. The lowest BCUT2D eigenvalue weighted by atomic mass is 10.0.